The summed E-state index contributed by atoms with van der Waals surface area (Å²) in [5.41, 5.74) is 8.14. The third-order valence-electron chi connectivity index (χ3n) is 5.05. The molecule has 1 fully saturated rings. The second-order valence-electron chi connectivity index (χ2n) is 6.97. The SMILES string of the molecule is Nc1nccc2c1c(C(=O)Nc1nc3cc(Cl)ccc3o1)nn2C1CCCNC1. The largest absolute Gasteiger partial charge is 0.423 e. The number of hydrogen-bond donors (Lipinski definition) is 3. The molecule has 29 heavy (non-hydrogen) atoms. The quantitative estimate of drug-likeness (QED) is 0.473. The number of nitrogen functional groups attached to an aromatic ring is 1. The molecule has 10 heteroatoms. The van der Waals surface area contributed by atoms with Gasteiger partial charge < -0.3 is 15.5 Å². The molecule has 148 valence electrons. The van der Waals surface area contributed by atoms with Crippen LogP contribution in [0.25, 0.3) is 22.0 Å². The van der Waals surface area contributed by atoms with E-state index in [1.165, 1.54) is 0 Å². The van der Waals surface area contributed by atoms with Crippen LogP contribution in [0.5, 0.6) is 0 Å². The molecule has 0 spiro atoms. The Morgan fingerprint density at radius 2 is 2.28 bits per heavy atom. The molecular weight excluding hydrogens is 394 g/mol. The Hall–Kier alpha value is -3.17. The molecule has 1 amide bonds. The van der Waals surface area contributed by atoms with Gasteiger partial charge in [0.25, 0.3) is 5.91 Å². The van der Waals surface area contributed by atoms with E-state index in [1.807, 2.05) is 10.7 Å². The fourth-order valence-corrected chi connectivity index (χ4v) is 3.87. The van der Waals surface area contributed by atoms with Gasteiger partial charge in [-0.05, 0) is 43.7 Å². The lowest BCUT2D eigenvalue weighted by molar-refractivity contribution is 0.101. The molecule has 5 rings (SSSR count). The summed E-state index contributed by atoms with van der Waals surface area (Å²) in [4.78, 5) is 21.4. The van der Waals surface area contributed by atoms with Gasteiger partial charge in [-0.2, -0.15) is 10.1 Å². The van der Waals surface area contributed by atoms with Crippen molar-refractivity contribution in [3.8, 4) is 0 Å². The number of aromatic nitrogens is 4. The Morgan fingerprint density at radius 1 is 1.38 bits per heavy atom. The molecule has 0 radical (unpaired) electrons. The summed E-state index contributed by atoms with van der Waals surface area (Å²) in [6.07, 6.45) is 3.64. The smallest absolute Gasteiger partial charge is 0.302 e. The topological polar surface area (TPSA) is 124 Å². The first-order valence-corrected chi connectivity index (χ1v) is 9.69. The first-order valence-electron chi connectivity index (χ1n) is 9.31. The normalized spacial score (nSPS) is 17.1. The van der Waals surface area contributed by atoms with Crippen LogP contribution in [0.4, 0.5) is 11.8 Å². The molecule has 4 N–H and O–H groups in total. The number of fused-ring (bicyclic) bond motifs is 2. The summed E-state index contributed by atoms with van der Waals surface area (Å²) >= 11 is 5.98. The Labute approximate surface area is 170 Å². The van der Waals surface area contributed by atoms with Crippen molar-refractivity contribution in [2.24, 2.45) is 0 Å². The van der Waals surface area contributed by atoms with E-state index in [0.717, 1.165) is 31.4 Å². The number of nitrogens with zero attached hydrogens (tertiary/aromatic N) is 4. The number of amides is 1. The predicted molar refractivity (Wildman–Crippen MR) is 110 cm³/mol. The summed E-state index contributed by atoms with van der Waals surface area (Å²) < 4.78 is 7.45. The van der Waals surface area contributed by atoms with Crippen molar-refractivity contribution in [3.05, 3.63) is 41.2 Å². The molecule has 9 nitrogen and oxygen atoms in total. The second kappa shape index (κ2) is 7.02. The van der Waals surface area contributed by atoms with Crippen LogP contribution < -0.4 is 16.4 Å². The minimum absolute atomic E-state index is 0.0664. The Kier molecular flexibility index (Phi) is 4.33. The number of halogens is 1. The minimum atomic E-state index is -0.463. The van der Waals surface area contributed by atoms with Crippen molar-refractivity contribution in [2.45, 2.75) is 18.9 Å². The maximum Gasteiger partial charge on any atom is 0.302 e. The zero-order valence-electron chi connectivity index (χ0n) is 15.4. The average molecular weight is 412 g/mol. The zero-order valence-corrected chi connectivity index (χ0v) is 16.1. The van der Waals surface area contributed by atoms with Gasteiger partial charge in [-0.25, -0.2) is 4.98 Å². The average Bonchev–Trinajstić information content (AvgIpc) is 3.30. The molecule has 4 heterocycles. The number of carbonyl (C=O) groups excluding carboxylic acids is 1. The number of hydrogen-bond acceptors (Lipinski definition) is 7. The van der Waals surface area contributed by atoms with Gasteiger partial charge in [-0.3, -0.25) is 14.8 Å². The van der Waals surface area contributed by atoms with Crippen LogP contribution >= 0.6 is 11.6 Å². The third-order valence-corrected chi connectivity index (χ3v) is 5.29. The van der Waals surface area contributed by atoms with Crippen molar-refractivity contribution in [1.29, 1.82) is 0 Å². The maximum atomic E-state index is 13.0. The second-order valence-corrected chi connectivity index (χ2v) is 7.41. The molecule has 0 bridgehead atoms. The van der Waals surface area contributed by atoms with E-state index in [0.29, 0.717) is 21.5 Å². The number of rotatable bonds is 3. The highest BCUT2D eigenvalue weighted by atomic mass is 35.5. The highest BCUT2D eigenvalue weighted by Gasteiger charge is 2.25. The Balaban J connectivity index is 1.53. The van der Waals surface area contributed by atoms with Crippen LogP contribution in [-0.2, 0) is 0 Å². The van der Waals surface area contributed by atoms with Gasteiger partial charge in [0.1, 0.15) is 11.3 Å². The van der Waals surface area contributed by atoms with E-state index in [2.05, 4.69) is 25.7 Å². The molecule has 1 aromatic carbocycles. The molecule has 0 aliphatic carbocycles. The number of anilines is 2. The van der Waals surface area contributed by atoms with Crippen LogP contribution in [0.3, 0.4) is 0 Å². The fourth-order valence-electron chi connectivity index (χ4n) is 3.70. The molecule has 1 unspecified atom stereocenters. The first kappa shape index (κ1) is 17.9. The molecule has 4 aromatic rings. The van der Waals surface area contributed by atoms with E-state index in [4.69, 9.17) is 21.8 Å². The van der Waals surface area contributed by atoms with E-state index < -0.39 is 5.91 Å². The summed E-state index contributed by atoms with van der Waals surface area (Å²) in [5.74, 6) is -0.207. The van der Waals surface area contributed by atoms with Gasteiger partial charge in [-0.15, -0.1) is 0 Å². The van der Waals surface area contributed by atoms with Crippen molar-refractivity contribution in [2.75, 3.05) is 24.1 Å². The highest BCUT2D eigenvalue weighted by molar-refractivity contribution is 6.31. The van der Waals surface area contributed by atoms with E-state index in [-0.39, 0.29) is 23.6 Å². The first-order chi connectivity index (χ1) is 14.1. The third kappa shape index (κ3) is 3.18. The molecular formula is C19H18ClN7O2. The van der Waals surface area contributed by atoms with Gasteiger partial charge in [-0.1, -0.05) is 11.6 Å². The number of piperidine rings is 1. The van der Waals surface area contributed by atoms with E-state index in [1.54, 1.807) is 24.4 Å². The van der Waals surface area contributed by atoms with Gasteiger partial charge in [0.2, 0.25) is 0 Å². The Morgan fingerprint density at radius 3 is 3.10 bits per heavy atom. The lowest BCUT2D eigenvalue weighted by Gasteiger charge is -2.23. The van der Waals surface area contributed by atoms with E-state index in [9.17, 15) is 4.79 Å². The van der Waals surface area contributed by atoms with Gasteiger partial charge in [0.15, 0.2) is 11.3 Å². The van der Waals surface area contributed by atoms with Crippen LogP contribution in [0, 0.1) is 0 Å². The molecule has 0 saturated carbocycles. The number of carbonyl (C=O) groups is 1. The van der Waals surface area contributed by atoms with Crippen molar-refractivity contribution in [3.63, 3.8) is 0 Å². The lowest BCUT2D eigenvalue weighted by Crippen LogP contribution is -2.32. The number of benzene rings is 1. The van der Waals surface area contributed by atoms with Crippen molar-refractivity contribution < 1.29 is 9.21 Å². The van der Waals surface area contributed by atoms with Crippen LogP contribution in [0.1, 0.15) is 29.4 Å². The summed E-state index contributed by atoms with van der Waals surface area (Å²) in [6, 6.07) is 7.09. The summed E-state index contributed by atoms with van der Waals surface area (Å²) in [7, 11) is 0. The number of nitrogens with two attached hydrogens (primary N) is 1. The predicted octanol–water partition coefficient (Wildman–Crippen LogP) is 2.98. The van der Waals surface area contributed by atoms with Crippen LogP contribution in [0.2, 0.25) is 5.02 Å². The Bertz CT molecular complexity index is 1230. The van der Waals surface area contributed by atoms with Crippen molar-refractivity contribution in [1.82, 2.24) is 25.1 Å². The molecule has 1 atom stereocenters. The molecule has 1 saturated heterocycles. The van der Waals surface area contributed by atoms with E-state index >= 15 is 0 Å². The van der Waals surface area contributed by atoms with Crippen LogP contribution in [0.15, 0.2) is 34.9 Å². The van der Waals surface area contributed by atoms with Gasteiger partial charge in [0, 0.05) is 17.8 Å². The maximum absolute atomic E-state index is 13.0. The zero-order chi connectivity index (χ0) is 20.0. The number of pyridine rings is 1. The van der Waals surface area contributed by atoms with Gasteiger partial charge in [0.05, 0.1) is 16.9 Å². The van der Waals surface area contributed by atoms with Gasteiger partial charge >= 0.3 is 6.01 Å². The van der Waals surface area contributed by atoms with Crippen LogP contribution in [-0.4, -0.2) is 38.7 Å². The standard InChI is InChI=1S/C19H18ClN7O2/c20-10-3-4-14-12(8-10)24-19(29-14)25-18(28)16-15-13(5-7-23-17(15)21)27(26-16)11-2-1-6-22-9-11/h3-5,7-8,11,22H,1-2,6,9H2,(H2,21,23)(H,24,25,28). The van der Waals surface area contributed by atoms with Crippen molar-refractivity contribution >= 4 is 51.3 Å². The summed E-state index contributed by atoms with van der Waals surface area (Å²) in [6.45, 7) is 1.76. The number of oxazole rings is 1. The lowest BCUT2D eigenvalue weighted by atomic mass is 10.1. The molecule has 1 aliphatic rings. The summed E-state index contributed by atoms with van der Waals surface area (Å²) in [5, 5.41) is 11.7. The highest BCUT2D eigenvalue weighted by Crippen LogP contribution is 2.29. The fraction of sp³-hybridized carbons (Fsp3) is 0.263. The molecule has 1 aliphatic heterocycles. The number of nitrogens with one attached hydrogen (secondary N) is 2. The molecule has 3 aromatic heterocycles. The monoisotopic (exact) mass is 411 g/mol. The minimum Gasteiger partial charge on any atom is -0.423 e.